The predicted molar refractivity (Wildman–Crippen MR) is 44.9 cm³/mol. The van der Waals surface area contributed by atoms with Crippen LogP contribution < -0.4 is 0 Å². The number of sulfonamides is 1. The van der Waals surface area contributed by atoms with E-state index >= 15 is 0 Å². The first-order chi connectivity index (χ1) is 6.25. The van der Waals surface area contributed by atoms with E-state index in [0.29, 0.717) is 10.7 Å². The Hall–Kier alpha value is -0.560. The molecule has 0 N–H and O–H groups in total. The van der Waals surface area contributed by atoms with Crippen molar-refractivity contribution in [2.45, 2.75) is 18.9 Å². The van der Waals surface area contributed by atoms with Crippen LogP contribution in [-0.2, 0) is 10.0 Å². The molecule has 0 unspecified atom stereocenters. The van der Waals surface area contributed by atoms with Crippen molar-refractivity contribution in [3.05, 3.63) is 11.6 Å². The van der Waals surface area contributed by atoms with Crippen LogP contribution >= 0.6 is 0 Å². The molecule has 0 bridgehead atoms. The first kappa shape index (κ1) is 11.5. The van der Waals surface area contributed by atoms with Gasteiger partial charge >= 0.3 is 15.5 Å². The first-order valence-electron chi connectivity index (χ1n) is 3.97. The van der Waals surface area contributed by atoms with Gasteiger partial charge in [-0.05, 0) is 13.3 Å². The Kier molecular flexibility index (Phi) is 2.91. The third-order valence-electron chi connectivity index (χ3n) is 2.03. The molecular formula is C7H10F3NO2S. The molecule has 0 saturated heterocycles. The minimum Gasteiger partial charge on any atom is -0.203 e. The molecule has 14 heavy (non-hydrogen) atoms. The highest BCUT2D eigenvalue weighted by Crippen LogP contribution is 2.28. The quantitative estimate of drug-likeness (QED) is 0.639. The number of nitrogens with zero attached hydrogens (tertiary/aromatic N) is 1. The molecule has 0 saturated carbocycles. The lowest BCUT2D eigenvalue weighted by molar-refractivity contribution is -0.0487. The Balaban J connectivity index is 2.87. The molecule has 0 aliphatic carbocycles. The number of halogens is 3. The molecule has 1 rings (SSSR count). The van der Waals surface area contributed by atoms with E-state index in [0.717, 1.165) is 5.57 Å². The van der Waals surface area contributed by atoms with Gasteiger partial charge in [-0.2, -0.15) is 17.5 Å². The zero-order chi connectivity index (χ0) is 11.0. The van der Waals surface area contributed by atoms with Crippen molar-refractivity contribution < 1.29 is 21.6 Å². The van der Waals surface area contributed by atoms with Crippen LogP contribution in [0.4, 0.5) is 13.2 Å². The van der Waals surface area contributed by atoms with Gasteiger partial charge in [-0.25, -0.2) is 8.42 Å². The summed E-state index contributed by atoms with van der Waals surface area (Å²) in [7, 11) is -5.13. The molecule has 1 aliphatic rings. The van der Waals surface area contributed by atoms with E-state index in [2.05, 4.69) is 0 Å². The monoisotopic (exact) mass is 229 g/mol. The second-order valence-electron chi connectivity index (χ2n) is 3.11. The van der Waals surface area contributed by atoms with E-state index in [1.165, 1.54) is 6.08 Å². The average molecular weight is 229 g/mol. The summed E-state index contributed by atoms with van der Waals surface area (Å²) in [6.07, 6.45) is 1.85. The van der Waals surface area contributed by atoms with Crippen LogP contribution in [-0.4, -0.2) is 31.3 Å². The number of hydrogen-bond donors (Lipinski definition) is 0. The lowest BCUT2D eigenvalue weighted by Gasteiger charge is -2.25. The molecule has 0 atom stereocenters. The Morgan fingerprint density at radius 3 is 2.36 bits per heavy atom. The zero-order valence-electron chi connectivity index (χ0n) is 7.50. The molecule has 82 valence electrons. The minimum absolute atomic E-state index is 0.0931. The number of rotatable bonds is 1. The maximum absolute atomic E-state index is 12.1. The molecule has 3 nitrogen and oxygen atoms in total. The van der Waals surface area contributed by atoms with E-state index in [-0.39, 0.29) is 13.1 Å². The molecular weight excluding hydrogens is 219 g/mol. The normalized spacial score (nSPS) is 20.7. The topological polar surface area (TPSA) is 37.4 Å². The highest BCUT2D eigenvalue weighted by atomic mass is 32.2. The highest BCUT2D eigenvalue weighted by Gasteiger charge is 2.49. The summed E-state index contributed by atoms with van der Waals surface area (Å²) in [4.78, 5) is 0. The predicted octanol–water partition coefficient (Wildman–Crippen LogP) is 1.49. The van der Waals surface area contributed by atoms with Gasteiger partial charge in [-0.1, -0.05) is 11.6 Å². The van der Waals surface area contributed by atoms with Gasteiger partial charge in [-0.15, -0.1) is 0 Å². The fraction of sp³-hybridized carbons (Fsp3) is 0.714. The standard InChI is InChI=1S/C7H10F3NO2S/c1-6-2-4-11(5-3-6)14(12,13)7(8,9)10/h2H,3-5H2,1H3. The van der Waals surface area contributed by atoms with Gasteiger partial charge in [0.05, 0.1) is 0 Å². The summed E-state index contributed by atoms with van der Waals surface area (Å²) in [5.74, 6) is 0. The van der Waals surface area contributed by atoms with Gasteiger partial charge in [0.25, 0.3) is 0 Å². The van der Waals surface area contributed by atoms with Crippen molar-refractivity contribution in [2.75, 3.05) is 13.1 Å². The van der Waals surface area contributed by atoms with Crippen molar-refractivity contribution in [1.82, 2.24) is 4.31 Å². The lowest BCUT2D eigenvalue weighted by atomic mass is 10.1. The summed E-state index contributed by atoms with van der Waals surface area (Å²) in [6, 6.07) is 0. The van der Waals surface area contributed by atoms with Crippen molar-refractivity contribution in [3.8, 4) is 0 Å². The van der Waals surface area contributed by atoms with Crippen molar-refractivity contribution in [1.29, 1.82) is 0 Å². The van der Waals surface area contributed by atoms with Gasteiger partial charge in [0.15, 0.2) is 0 Å². The van der Waals surface area contributed by atoms with E-state index < -0.39 is 15.5 Å². The van der Waals surface area contributed by atoms with Crippen LogP contribution in [0.25, 0.3) is 0 Å². The first-order valence-corrected chi connectivity index (χ1v) is 5.41. The van der Waals surface area contributed by atoms with Crippen LogP contribution in [0.2, 0.25) is 0 Å². The SMILES string of the molecule is CC1=CCN(S(=O)(=O)C(F)(F)F)CC1. The minimum atomic E-state index is -5.19. The third-order valence-corrected chi connectivity index (χ3v) is 3.63. The van der Waals surface area contributed by atoms with Crippen molar-refractivity contribution in [2.24, 2.45) is 0 Å². The van der Waals surface area contributed by atoms with Gasteiger partial charge in [0.2, 0.25) is 0 Å². The molecule has 0 amide bonds. The van der Waals surface area contributed by atoms with Gasteiger partial charge < -0.3 is 0 Å². The number of alkyl halides is 3. The summed E-state index contributed by atoms with van der Waals surface area (Å²) >= 11 is 0. The van der Waals surface area contributed by atoms with Crippen LogP contribution in [0, 0.1) is 0 Å². The van der Waals surface area contributed by atoms with E-state index in [1.807, 2.05) is 0 Å². The molecule has 0 fully saturated rings. The van der Waals surface area contributed by atoms with E-state index in [1.54, 1.807) is 6.92 Å². The Labute approximate surface area is 80.3 Å². The summed E-state index contributed by atoms with van der Waals surface area (Å²) in [5, 5.41) is 0. The molecule has 0 spiro atoms. The molecule has 1 heterocycles. The highest BCUT2D eigenvalue weighted by molar-refractivity contribution is 7.90. The third kappa shape index (κ3) is 2.09. The van der Waals surface area contributed by atoms with Gasteiger partial charge in [-0.3, -0.25) is 0 Å². The average Bonchev–Trinajstić information content (AvgIpc) is 2.03. The lowest BCUT2D eigenvalue weighted by Crippen LogP contribution is -2.42. The Morgan fingerprint density at radius 2 is 2.00 bits per heavy atom. The summed E-state index contributed by atoms with van der Waals surface area (Å²) in [6.45, 7) is 1.48. The maximum atomic E-state index is 12.1. The van der Waals surface area contributed by atoms with Crippen LogP contribution in [0.15, 0.2) is 11.6 Å². The van der Waals surface area contributed by atoms with Gasteiger partial charge in [0.1, 0.15) is 0 Å². The van der Waals surface area contributed by atoms with E-state index in [9.17, 15) is 21.6 Å². The second-order valence-corrected chi connectivity index (χ2v) is 5.04. The maximum Gasteiger partial charge on any atom is 0.511 e. The summed E-state index contributed by atoms with van der Waals surface area (Å²) < 4.78 is 58.4. The molecule has 0 aromatic carbocycles. The molecule has 0 aromatic rings. The van der Waals surface area contributed by atoms with E-state index in [4.69, 9.17) is 0 Å². The molecule has 0 aromatic heterocycles. The Morgan fingerprint density at radius 1 is 1.43 bits per heavy atom. The fourth-order valence-corrected chi connectivity index (χ4v) is 2.01. The Bertz CT molecular complexity index is 344. The number of hydrogen-bond acceptors (Lipinski definition) is 2. The molecule has 0 radical (unpaired) electrons. The van der Waals surface area contributed by atoms with Crippen LogP contribution in [0.3, 0.4) is 0 Å². The second kappa shape index (κ2) is 3.54. The zero-order valence-corrected chi connectivity index (χ0v) is 8.32. The molecule has 1 aliphatic heterocycles. The van der Waals surface area contributed by atoms with Crippen molar-refractivity contribution in [3.63, 3.8) is 0 Å². The largest absolute Gasteiger partial charge is 0.511 e. The fourth-order valence-electron chi connectivity index (χ4n) is 1.12. The van der Waals surface area contributed by atoms with Crippen molar-refractivity contribution >= 4 is 10.0 Å². The smallest absolute Gasteiger partial charge is 0.203 e. The van der Waals surface area contributed by atoms with Crippen LogP contribution in [0.5, 0.6) is 0 Å². The van der Waals surface area contributed by atoms with Gasteiger partial charge in [0, 0.05) is 13.1 Å². The molecule has 7 heteroatoms. The van der Waals surface area contributed by atoms with Crippen LogP contribution in [0.1, 0.15) is 13.3 Å². The summed E-state index contributed by atoms with van der Waals surface area (Å²) in [5.41, 5.74) is -4.27.